The van der Waals surface area contributed by atoms with Crippen LogP contribution in [0.5, 0.6) is 0 Å². The lowest BCUT2D eigenvalue weighted by molar-refractivity contribution is -0.362. The van der Waals surface area contributed by atoms with E-state index in [1.54, 1.807) is 44.2 Å². The Bertz CT molecular complexity index is 254. The maximum Gasteiger partial charge on any atom is 0.307 e. The number of benzene rings is 1. The zero-order valence-corrected chi connectivity index (χ0v) is 7.77. The van der Waals surface area contributed by atoms with Gasteiger partial charge >= 0.3 is 5.97 Å². The molecule has 3 heteroatoms. The van der Waals surface area contributed by atoms with Crippen molar-refractivity contribution in [1.29, 1.82) is 0 Å². The van der Waals surface area contributed by atoms with Crippen LogP contribution < -0.4 is 0 Å². The molecule has 3 nitrogen and oxygen atoms in total. The lowest BCUT2D eigenvalue weighted by atomic mass is 10.2. The van der Waals surface area contributed by atoms with Crippen molar-refractivity contribution in [3.05, 3.63) is 35.9 Å². The molecule has 1 rings (SSSR count). The van der Waals surface area contributed by atoms with Gasteiger partial charge in [0.1, 0.15) is 0 Å². The Kier molecular flexibility index (Phi) is 3.03. The van der Waals surface area contributed by atoms with Crippen molar-refractivity contribution in [3.8, 4) is 0 Å². The van der Waals surface area contributed by atoms with Crippen LogP contribution in [0.2, 0.25) is 0 Å². The van der Waals surface area contributed by atoms with Gasteiger partial charge in [-0.2, -0.15) is 0 Å². The zero-order valence-electron chi connectivity index (χ0n) is 7.77. The highest BCUT2D eigenvalue weighted by Crippen LogP contribution is 2.20. The fourth-order valence-electron chi connectivity index (χ4n) is 1.05. The molecule has 0 saturated heterocycles. The van der Waals surface area contributed by atoms with E-state index in [1.165, 1.54) is 0 Å². The second-order valence-corrected chi connectivity index (χ2v) is 3.14. The predicted octanol–water partition coefficient (Wildman–Crippen LogP) is 1.21. The summed E-state index contributed by atoms with van der Waals surface area (Å²) in [6.45, 7) is 3.48. The van der Waals surface area contributed by atoms with Gasteiger partial charge in [-0.05, 0) is 13.8 Å². The normalized spacial score (nSPS) is 12.1. The zero-order chi connectivity index (χ0) is 9.90. The Morgan fingerprint density at radius 1 is 1.15 bits per heavy atom. The minimum absolute atomic E-state index is 0.241. The lowest BCUT2D eigenvalue weighted by Gasteiger charge is -2.24. The summed E-state index contributed by atoms with van der Waals surface area (Å²) in [7, 11) is 0. The monoisotopic (exact) mass is 182 g/mol. The molecule has 0 unspecified atom stereocenters. The van der Waals surface area contributed by atoms with Gasteiger partial charge in [0.05, 0.1) is 6.10 Å². The van der Waals surface area contributed by atoms with Gasteiger partial charge in [-0.1, -0.05) is 30.3 Å². The molecule has 2 N–H and O–H groups in total. The minimum atomic E-state index is -2.19. The standard InChI is InChI=1S/C10H14O3/c1-8(2)13-10(11,12)9-6-4-3-5-7-9/h3-8,11-12H,1-2H3. The second kappa shape index (κ2) is 3.87. The van der Waals surface area contributed by atoms with Gasteiger partial charge in [0.25, 0.3) is 0 Å². The van der Waals surface area contributed by atoms with E-state index in [-0.39, 0.29) is 6.10 Å². The smallest absolute Gasteiger partial charge is 0.307 e. The topological polar surface area (TPSA) is 49.7 Å². The Morgan fingerprint density at radius 3 is 2.15 bits per heavy atom. The fraction of sp³-hybridized carbons (Fsp3) is 0.400. The Morgan fingerprint density at radius 2 is 1.69 bits per heavy atom. The molecule has 0 aromatic heterocycles. The second-order valence-electron chi connectivity index (χ2n) is 3.14. The summed E-state index contributed by atoms with van der Waals surface area (Å²) in [5.41, 5.74) is 0.337. The molecule has 0 fully saturated rings. The van der Waals surface area contributed by atoms with Gasteiger partial charge in [0.2, 0.25) is 0 Å². The van der Waals surface area contributed by atoms with Crippen molar-refractivity contribution in [3.63, 3.8) is 0 Å². The van der Waals surface area contributed by atoms with Gasteiger partial charge in [-0.15, -0.1) is 0 Å². The Hall–Kier alpha value is -0.900. The van der Waals surface area contributed by atoms with Crippen LogP contribution in [0.1, 0.15) is 19.4 Å². The summed E-state index contributed by atoms with van der Waals surface area (Å²) in [5, 5.41) is 19.0. The number of rotatable bonds is 3. The first kappa shape index (κ1) is 10.2. The SMILES string of the molecule is CC(C)OC(O)(O)c1ccccc1. The summed E-state index contributed by atoms with van der Waals surface area (Å²) >= 11 is 0. The van der Waals surface area contributed by atoms with Crippen LogP contribution in [0.3, 0.4) is 0 Å². The molecule has 13 heavy (non-hydrogen) atoms. The van der Waals surface area contributed by atoms with Gasteiger partial charge in [-0.25, -0.2) is 0 Å². The number of hydrogen-bond acceptors (Lipinski definition) is 3. The van der Waals surface area contributed by atoms with Crippen molar-refractivity contribution < 1.29 is 14.9 Å². The van der Waals surface area contributed by atoms with Crippen molar-refractivity contribution >= 4 is 0 Å². The maximum atomic E-state index is 9.49. The van der Waals surface area contributed by atoms with Gasteiger partial charge in [0.15, 0.2) is 0 Å². The third-order valence-electron chi connectivity index (χ3n) is 1.55. The van der Waals surface area contributed by atoms with E-state index in [1.807, 2.05) is 0 Å². The minimum Gasteiger partial charge on any atom is -0.340 e. The van der Waals surface area contributed by atoms with Crippen molar-refractivity contribution in [2.45, 2.75) is 25.9 Å². The Balaban J connectivity index is 2.81. The van der Waals surface area contributed by atoms with Crippen LogP contribution in [0.25, 0.3) is 0 Å². The summed E-state index contributed by atoms with van der Waals surface area (Å²) in [6.07, 6.45) is -0.241. The average molecular weight is 182 g/mol. The molecule has 1 aromatic carbocycles. The molecule has 0 aliphatic carbocycles. The lowest BCUT2D eigenvalue weighted by Crippen LogP contribution is -2.31. The molecule has 0 aliphatic heterocycles. The van der Waals surface area contributed by atoms with Gasteiger partial charge < -0.3 is 14.9 Å². The first-order valence-corrected chi connectivity index (χ1v) is 4.20. The van der Waals surface area contributed by atoms with Crippen LogP contribution in [0, 0.1) is 0 Å². The first-order chi connectivity index (χ1) is 6.02. The molecule has 0 aliphatic rings. The maximum absolute atomic E-state index is 9.49. The van der Waals surface area contributed by atoms with Crippen LogP contribution in [-0.2, 0) is 10.7 Å². The van der Waals surface area contributed by atoms with Crippen molar-refractivity contribution in [2.24, 2.45) is 0 Å². The molecule has 0 amide bonds. The van der Waals surface area contributed by atoms with Crippen molar-refractivity contribution in [2.75, 3.05) is 0 Å². The first-order valence-electron chi connectivity index (χ1n) is 4.20. The van der Waals surface area contributed by atoms with E-state index in [2.05, 4.69) is 0 Å². The third-order valence-corrected chi connectivity index (χ3v) is 1.55. The molecule has 0 radical (unpaired) electrons. The fourth-order valence-corrected chi connectivity index (χ4v) is 1.05. The average Bonchev–Trinajstić information content (AvgIpc) is 2.04. The molecule has 72 valence electrons. The van der Waals surface area contributed by atoms with Crippen molar-refractivity contribution in [1.82, 2.24) is 0 Å². The summed E-state index contributed by atoms with van der Waals surface area (Å²) in [4.78, 5) is 0. The molecule has 0 spiro atoms. The van der Waals surface area contributed by atoms with E-state index < -0.39 is 5.97 Å². The number of hydrogen-bond donors (Lipinski definition) is 2. The van der Waals surface area contributed by atoms with E-state index in [9.17, 15) is 10.2 Å². The van der Waals surface area contributed by atoms with E-state index in [0.717, 1.165) is 0 Å². The predicted molar refractivity (Wildman–Crippen MR) is 48.8 cm³/mol. The van der Waals surface area contributed by atoms with Crippen LogP contribution in [-0.4, -0.2) is 16.3 Å². The van der Waals surface area contributed by atoms with Crippen LogP contribution in [0.15, 0.2) is 30.3 Å². The largest absolute Gasteiger partial charge is 0.340 e. The van der Waals surface area contributed by atoms with Crippen LogP contribution in [0.4, 0.5) is 0 Å². The molecule has 0 bridgehead atoms. The molecular formula is C10H14O3. The summed E-state index contributed by atoms with van der Waals surface area (Å²) < 4.78 is 4.93. The van der Waals surface area contributed by atoms with E-state index in [0.29, 0.717) is 5.56 Å². The van der Waals surface area contributed by atoms with Gasteiger partial charge in [-0.3, -0.25) is 0 Å². The molecule has 0 atom stereocenters. The molecule has 0 heterocycles. The van der Waals surface area contributed by atoms with E-state index >= 15 is 0 Å². The number of aliphatic hydroxyl groups is 2. The highest BCUT2D eigenvalue weighted by atomic mass is 16.8. The third kappa shape index (κ3) is 2.81. The summed E-state index contributed by atoms with van der Waals surface area (Å²) in [5.74, 6) is -2.19. The Labute approximate surface area is 77.6 Å². The quantitative estimate of drug-likeness (QED) is 0.691. The van der Waals surface area contributed by atoms with Gasteiger partial charge in [0, 0.05) is 5.56 Å². The molecule has 0 saturated carbocycles. The highest BCUT2D eigenvalue weighted by Gasteiger charge is 2.27. The highest BCUT2D eigenvalue weighted by molar-refractivity contribution is 5.17. The van der Waals surface area contributed by atoms with E-state index in [4.69, 9.17) is 4.74 Å². The van der Waals surface area contributed by atoms with Crippen LogP contribution >= 0.6 is 0 Å². The summed E-state index contributed by atoms with van der Waals surface area (Å²) in [6, 6.07) is 8.44. The number of ether oxygens (including phenoxy) is 1. The molecular weight excluding hydrogens is 168 g/mol. The molecule has 1 aromatic rings.